The molecule has 6 atom stereocenters. The van der Waals surface area contributed by atoms with Crippen LogP contribution < -0.4 is 20.1 Å². The first-order chi connectivity index (χ1) is 40.9. The smallest absolute Gasteiger partial charge is 0.409 e. The van der Waals surface area contributed by atoms with Crippen LogP contribution in [0.25, 0.3) is 0 Å². The number of nitro benzene ring substituents is 1. The van der Waals surface area contributed by atoms with Crippen LogP contribution in [0.5, 0.6) is 5.75 Å². The Morgan fingerprint density at radius 3 is 1.89 bits per heavy atom. The zero-order chi connectivity index (χ0) is 58.0. The number of hydrazine groups is 4. The van der Waals surface area contributed by atoms with Gasteiger partial charge in [-0.2, -0.15) is 0 Å². The molecule has 85 heavy (non-hydrogen) atoms. The van der Waals surface area contributed by atoms with E-state index in [1.165, 1.54) is 35.2 Å². The minimum absolute atomic E-state index is 0. The summed E-state index contributed by atoms with van der Waals surface area (Å²) in [6, 6.07) is 36.7. The highest BCUT2D eigenvalue weighted by Crippen LogP contribution is 2.41. The number of ether oxygens (including phenoxy) is 4. The van der Waals surface area contributed by atoms with Gasteiger partial charge >= 0.3 is 17.9 Å². The molecule has 1 fully saturated rings. The molecular weight excluding hydrogens is 1200 g/mol. The maximum Gasteiger partial charge on any atom is 0.409 e. The summed E-state index contributed by atoms with van der Waals surface area (Å²) in [7, 11) is 1.52. The molecule has 7 aliphatic heterocycles. The highest BCUT2D eigenvalue weighted by molar-refractivity contribution is 14.0. The third-order valence-electron chi connectivity index (χ3n) is 15.7. The highest BCUT2D eigenvalue weighted by Gasteiger charge is 2.47. The number of carbonyl (C=O) groups is 2. The number of hydrogen-bond donors (Lipinski definition) is 5. The standard InChI is InChI=1S/C63H62N9O12.HI/c1-65(63(78)81-40-41-28-29-56(55(32-41)72(79)80)83-61-60(76)59(75)58(74)57(39-73)84-61)37-50(38-67-70-48(35-44-18-10-14-26-53(44)70)22-6-3-7-23-49-36-45-19-11-15-27-54(45)71(49)67)82-62(77)64-30-31-66-68-46(33-42-16-8-12-24-51(42)68)20-4-2-5-21-47-34-43-17-9-13-25-52(43)69(47)66;/h2-29,32,50,57-61,73-76H,30-31,33-40H2,1H3;1H/q+1;/p+1/t50?,57?,58-,59-,60-,61?;/m0./s1. The largest absolute Gasteiger partial charge is 0.455 e. The van der Waals surface area contributed by atoms with Gasteiger partial charge in [0, 0.05) is 67.9 Å². The molecule has 12 rings (SSSR count). The average molecular weight is 1270 g/mol. The number of nitro groups is 1. The van der Waals surface area contributed by atoms with Crippen molar-refractivity contribution in [2.24, 2.45) is 0 Å². The quantitative estimate of drug-likeness (QED) is 0.0322. The van der Waals surface area contributed by atoms with Gasteiger partial charge < -0.3 is 49.6 Å². The van der Waals surface area contributed by atoms with Crippen LogP contribution in [0.15, 0.2) is 187 Å². The Bertz CT molecular complexity index is 3670. The van der Waals surface area contributed by atoms with Gasteiger partial charge in [0.15, 0.2) is 5.75 Å². The topological polar surface area (TPSA) is 229 Å². The van der Waals surface area contributed by atoms with E-state index in [4.69, 9.17) is 18.9 Å². The molecule has 438 valence electrons. The van der Waals surface area contributed by atoms with Crippen molar-refractivity contribution in [3.05, 3.63) is 225 Å². The molecular formula is C63H64IN9O12+2. The second-order valence-electron chi connectivity index (χ2n) is 21.2. The van der Waals surface area contributed by atoms with E-state index in [2.05, 4.69) is 108 Å². The number of aliphatic hydroxyl groups excluding tert-OH is 4. The fraction of sp³-hybridized carbons (Fsp3) is 0.270. The van der Waals surface area contributed by atoms with Gasteiger partial charge in [0.2, 0.25) is 29.1 Å². The minimum atomic E-state index is -1.81. The van der Waals surface area contributed by atoms with Gasteiger partial charge in [0.25, 0.3) is 0 Å². The number of likely N-dealkylation sites (N-methyl/N-ethyl adjacent to an activating group) is 1. The minimum Gasteiger partial charge on any atom is -0.455 e. The number of nitrogens with zero attached hydrogens (tertiary/aromatic N) is 8. The number of halogens is 1. The first kappa shape index (κ1) is 58.1. The van der Waals surface area contributed by atoms with Crippen molar-refractivity contribution in [3.63, 3.8) is 0 Å². The van der Waals surface area contributed by atoms with Crippen LogP contribution in [0.2, 0.25) is 0 Å². The number of para-hydroxylation sites is 4. The highest BCUT2D eigenvalue weighted by atomic mass is 127. The van der Waals surface area contributed by atoms with Crippen LogP contribution in [-0.4, -0.2) is 150 Å². The summed E-state index contributed by atoms with van der Waals surface area (Å²) in [6.07, 6.45) is 12.3. The fourth-order valence-corrected chi connectivity index (χ4v) is 11.7. The number of nitrogens with one attached hydrogen (secondary N) is 1. The zero-order valence-corrected chi connectivity index (χ0v) is 48.6. The fourth-order valence-electron chi connectivity index (χ4n) is 11.7. The number of amides is 2. The third-order valence-corrected chi connectivity index (χ3v) is 15.7. The molecule has 0 aliphatic carbocycles. The van der Waals surface area contributed by atoms with E-state index in [0.717, 1.165) is 62.8 Å². The monoisotopic (exact) mass is 1270 g/mol. The Hall–Kier alpha value is -8.65. The van der Waals surface area contributed by atoms with Crippen molar-refractivity contribution in [3.8, 4) is 5.75 Å². The first-order valence-electron chi connectivity index (χ1n) is 27.9. The summed E-state index contributed by atoms with van der Waals surface area (Å²) < 4.78 is 27.7. The molecule has 0 spiro atoms. The maximum atomic E-state index is 14.7. The molecule has 0 aromatic heterocycles. The van der Waals surface area contributed by atoms with Crippen LogP contribution >= 0.6 is 24.0 Å². The summed E-state index contributed by atoms with van der Waals surface area (Å²) in [5.74, 6) is -0.355. The summed E-state index contributed by atoms with van der Waals surface area (Å²) in [5, 5.41) is 64.8. The lowest BCUT2D eigenvalue weighted by Crippen LogP contribution is -2.60. The van der Waals surface area contributed by atoms with Crippen molar-refractivity contribution >= 4 is 76.0 Å². The summed E-state index contributed by atoms with van der Waals surface area (Å²) in [5.41, 5.74) is 12.1. The second-order valence-corrected chi connectivity index (χ2v) is 21.2. The molecule has 2 amide bonds. The number of anilines is 2. The molecule has 1 saturated heterocycles. The molecule has 7 heterocycles. The summed E-state index contributed by atoms with van der Waals surface area (Å²) in [6.45, 7) is -0.829. The van der Waals surface area contributed by atoms with Crippen LogP contribution in [-0.2, 0) is 46.5 Å². The number of rotatable bonds is 14. The number of hydrogen-bond acceptors (Lipinski definition) is 16. The summed E-state index contributed by atoms with van der Waals surface area (Å²) >= 11 is 0. The Morgan fingerprint density at radius 2 is 1.29 bits per heavy atom. The molecule has 0 bridgehead atoms. The maximum absolute atomic E-state index is 14.7. The molecule has 5 N–H and O–H groups in total. The normalized spacial score (nSPS) is 23.7. The van der Waals surface area contributed by atoms with Gasteiger partial charge in [0.05, 0.1) is 53.7 Å². The van der Waals surface area contributed by atoms with Crippen LogP contribution in [0.4, 0.5) is 38.0 Å². The van der Waals surface area contributed by atoms with Crippen molar-refractivity contribution in [2.75, 3.05) is 49.9 Å². The van der Waals surface area contributed by atoms with Gasteiger partial charge in [-0.05, 0) is 47.0 Å². The Morgan fingerprint density at radius 1 is 0.729 bits per heavy atom. The molecule has 22 heteroatoms. The Labute approximate surface area is 507 Å². The van der Waals surface area contributed by atoms with Gasteiger partial charge in [0.1, 0.15) is 50.2 Å². The van der Waals surface area contributed by atoms with E-state index in [0.29, 0.717) is 32.2 Å². The van der Waals surface area contributed by atoms with E-state index < -0.39 is 72.8 Å². The number of alkyl carbamates (subject to hydrolysis) is 1. The molecule has 7 aliphatic rings. The molecule has 5 aromatic rings. The number of aliphatic hydroxyl groups is 4. The van der Waals surface area contributed by atoms with E-state index in [1.807, 2.05) is 85.0 Å². The van der Waals surface area contributed by atoms with Gasteiger partial charge in [-0.1, -0.05) is 135 Å². The summed E-state index contributed by atoms with van der Waals surface area (Å²) in [4.78, 5) is 41.8. The number of carbonyl (C=O) groups excluding carboxylic acids is 2. The van der Waals surface area contributed by atoms with E-state index in [9.17, 15) is 40.1 Å². The Balaban J connectivity index is 0.00000752. The SMILES string of the molecule is CN(CC(CN1N2\C(=C/C=C/C=C/C3=[N+]1c1ccccc1C3)Cc1ccccc12)OC(=O)NCCN1N2\C(=C/C=C/C=C/C3=[N+]1c1ccccc1C3)Cc1ccccc12)C(=O)OCc1ccc(OC2OC(CO)[C@H](O)[C@H](O)[C@@H]2O)c([N+](=O)[O-])c1.I. The lowest BCUT2D eigenvalue weighted by Gasteiger charge is -2.39. The van der Waals surface area contributed by atoms with Crippen molar-refractivity contribution in [1.29, 1.82) is 0 Å². The van der Waals surface area contributed by atoms with Crippen molar-refractivity contribution < 1.29 is 63.3 Å². The molecule has 0 saturated carbocycles. The van der Waals surface area contributed by atoms with E-state index >= 15 is 0 Å². The average Bonchev–Trinajstić information content (AvgIpc) is 1.95. The number of fused-ring (bicyclic) bond motifs is 10. The molecule has 0 radical (unpaired) electrons. The molecule has 21 nitrogen and oxygen atoms in total. The molecule has 5 aromatic carbocycles. The number of hydrazone groups is 2. The molecule has 3 unspecified atom stereocenters. The van der Waals surface area contributed by atoms with Gasteiger partial charge in [-0.25, -0.2) is 19.6 Å². The van der Waals surface area contributed by atoms with Crippen LogP contribution in [0.1, 0.15) is 27.8 Å². The van der Waals surface area contributed by atoms with Crippen LogP contribution in [0, 0.1) is 10.1 Å². The number of benzene rings is 5. The second kappa shape index (κ2) is 25.3. The van der Waals surface area contributed by atoms with E-state index in [1.54, 1.807) is 0 Å². The van der Waals surface area contributed by atoms with Crippen molar-refractivity contribution in [1.82, 2.24) is 20.5 Å². The lowest BCUT2D eigenvalue weighted by molar-refractivity contribution is -0.624. The van der Waals surface area contributed by atoms with Gasteiger partial charge in [-0.3, -0.25) is 10.1 Å². The Kier molecular flexibility index (Phi) is 17.3. The van der Waals surface area contributed by atoms with Gasteiger partial charge in [-0.15, -0.1) is 24.0 Å². The van der Waals surface area contributed by atoms with Crippen molar-refractivity contribution in [2.45, 2.75) is 69.1 Å². The zero-order valence-electron chi connectivity index (χ0n) is 46.3. The predicted octanol–water partition coefficient (Wildman–Crippen LogP) is 7.15. The lowest BCUT2D eigenvalue weighted by atomic mass is 9.99. The first-order valence-corrected chi connectivity index (χ1v) is 27.9. The predicted molar refractivity (Wildman–Crippen MR) is 326 cm³/mol. The van der Waals surface area contributed by atoms with Crippen LogP contribution in [0.3, 0.4) is 0 Å². The third kappa shape index (κ3) is 11.8. The number of allylic oxidation sites excluding steroid dienone is 12. The van der Waals surface area contributed by atoms with E-state index in [-0.39, 0.29) is 54.9 Å².